The van der Waals surface area contributed by atoms with Crippen molar-refractivity contribution in [1.29, 1.82) is 0 Å². The molecule has 0 spiro atoms. The molecular weight excluding hydrogens is 302 g/mol. The molecule has 0 aliphatic heterocycles. The molecule has 24 heavy (non-hydrogen) atoms. The van der Waals surface area contributed by atoms with Crippen molar-refractivity contribution in [2.75, 3.05) is 5.32 Å². The van der Waals surface area contributed by atoms with Crippen LogP contribution in [0.4, 0.5) is 5.69 Å². The summed E-state index contributed by atoms with van der Waals surface area (Å²) in [6.07, 6.45) is 4.40. The van der Waals surface area contributed by atoms with Gasteiger partial charge in [-0.05, 0) is 48.8 Å². The second kappa shape index (κ2) is 5.83. The number of nitrogens with one attached hydrogen (secondary N) is 1. The normalized spacial score (nSPS) is 27.5. The SMILES string of the molecule is CCCCc1ccc(NC(=O)C23CCC(C(=O)C2=O)C3(C)C)cc1. The summed E-state index contributed by atoms with van der Waals surface area (Å²) in [6.45, 7) is 5.91. The van der Waals surface area contributed by atoms with Crippen molar-refractivity contribution in [3.05, 3.63) is 29.8 Å². The van der Waals surface area contributed by atoms with Crippen LogP contribution in [0.15, 0.2) is 24.3 Å². The van der Waals surface area contributed by atoms with Crippen molar-refractivity contribution in [3.63, 3.8) is 0 Å². The average Bonchev–Trinajstić information content (AvgIpc) is 2.91. The molecule has 0 aromatic heterocycles. The van der Waals surface area contributed by atoms with Crippen LogP contribution >= 0.6 is 0 Å². The summed E-state index contributed by atoms with van der Waals surface area (Å²) in [7, 11) is 0. The number of carbonyl (C=O) groups excluding carboxylic acids is 3. The lowest BCUT2D eigenvalue weighted by molar-refractivity contribution is -0.147. The lowest BCUT2D eigenvalue weighted by Gasteiger charge is -2.33. The van der Waals surface area contributed by atoms with Gasteiger partial charge in [-0.15, -0.1) is 0 Å². The third-order valence-corrected chi connectivity index (χ3v) is 6.13. The summed E-state index contributed by atoms with van der Waals surface area (Å²) < 4.78 is 0. The van der Waals surface area contributed by atoms with E-state index in [1.165, 1.54) is 5.56 Å². The predicted octanol–water partition coefficient (Wildman–Crippen LogP) is 3.54. The number of Topliss-reactive ketones (excluding diaryl/α,β-unsaturated/α-hetero) is 2. The molecule has 2 fully saturated rings. The summed E-state index contributed by atoms with van der Waals surface area (Å²) >= 11 is 0. The fraction of sp³-hybridized carbons (Fsp3) is 0.550. The van der Waals surface area contributed by atoms with Crippen molar-refractivity contribution in [2.24, 2.45) is 16.7 Å². The van der Waals surface area contributed by atoms with Crippen LogP contribution in [0.25, 0.3) is 0 Å². The number of rotatable bonds is 5. The number of ketones is 2. The number of aryl methyl sites for hydroxylation is 1. The van der Waals surface area contributed by atoms with E-state index in [4.69, 9.17) is 0 Å². The molecule has 2 bridgehead atoms. The lowest BCUT2D eigenvalue weighted by atomic mass is 9.68. The molecule has 2 atom stereocenters. The largest absolute Gasteiger partial charge is 0.325 e. The third kappa shape index (κ3) is 2.23. The third-order valence-electron chi connectivity index (χ3n) is 6.13. The van der Waals surface area contributed by atoms with Gasteiger partial charge in [0.2, 0.25) is 17.5 Å². The number of amides is 1. The molecular formula is C20H25NO3. The minimum Gasteiger partial charge on any atom is -0.325 e. The maximum absolute atomic E-state index is 12.9. The zero-order chi connectivity index (χ0) is 17.5. The Morgan fingerprint density at radius 1 is 1.21 bits per heavy atom. The Balaban J connectivity index is 1.80. The first-order valence-corrected chi connectivity index (χ1v) is 8.83. The first kappa shape index (κ1) is 16.9. The molecule has 2 saturated carbocycles. The molecule has 1 aromatic rings. The molecule has 4 heteroatoms. The molecule has 1 amide bonds. The van der Waals surface area contributed by atoms with Crippen LogP contribution < -0.4 is 5.32 Å². The average molecular weight is 327 g/mol. The fourth-order valence-corrected chi connectivity index (χ4v) is 4.46. The predicted molar refractivity (Wildman–Crippen MR) is 92.6 cm³/mol. The topological polar surface area (TPSA) is 63.2 Å². The Bertz CT molecular complexity index is 689. The second-order valence-electron chi connectivity index (χ2n) is 7.67. The van der Waals surface area contributed by atoms with E-state index in [-0.39, 0.29) is 17.6 Å². The van der Waals surface area contributed by atoms with E-state index in [1.54, 1.807) is 0 Å². The molecule has 0 radical (unpaired) electrons. The van der Waals surface area contributed by atoms with Crippen LogP contribution in [0.5, 0.6) is 0 Å². The van der Waals surface area contributed by atoms with Crippen LogP contribution in [-0.4, -0.2) is 17.5 Å². The van der Waals surface area contributed by atoms with Crippen molar-refractivity contribution in [2.45, 2.75) is 52.9 Å². The van der Waals surface area contributed by atoms with Crippen LogP contribution in [0.2, 0.25) is 0 Å². The molecule has 1 aromatic carbocycles. The van der Waals surface area contributed by atoms with Gasteiger partial charge in [-0.25, -0.2) is 0 Å². The van der Waals surface area contributed by atoms with E-state index in [0.29, 0.717) is 18.5 Å². The second-order valence-corrected chi connectivity index (χ2v) is 7.67. The number of hydrogen-bond acceptors (Lipinski definition) is 3. The first-order chi connectivity index (χ1) is 11.3. The van der Waals surface area contributed by atoms with Crippen molar-refractivity contribution >= 4 is 23.2 Å². The van der Waals surface area contributed by atoms with Gasteiger partial charge < -0.3 is 5.32 Å². The van der Waals surface area contributed by atoms with E-state index >= 15 is 0 Å². The summed E-state index contributed by atoms with van der Waals surface area (Å²) in [5, 5.41) is 2.88. The van der Waals surface area contributed by atoms with Crippen LogP contribution in [-0.2, 0) is 20.8 Å². The van der Waals surface area contributed by atoms with Crippen molar-refractivity contribution in [1.82, 2.24) is 0 Å². The zero-order valence-electron chi connectivity index (χ0n) is 14.6. The van der Waals surface area contributed by atoms with Gasteiger partial charge in [0, 0.05) is 11.6 Å². The van der Waals surface area contributed by atoms with E-state index in [2.05, 4.69) is 12.2 Å². The summed E-state index contributed by atoms with van der Waals surface area (Å²) in [6, 6.07) is 7.76. The Morgan fingerprint density at radius 2 is 1.88 bits per heavy atom. The van der Waals surface area contributed by atoms with Gasteiger partial charge in [0.25, 0.3) is 0 Å². The number of carbonyl (C=O) groups is 3. The Hall–Kier alpha value is -1.97. The highest BCUT2D eigenvalue weighted by molar-refractivity contribution is 6.48. The number of anilines is 1. The Labute approximate surface area is 143 Å². The van der Waals surface area contributed by atoms with Crippen molar-refractivity contribution < 1.29 is 14.4 Å². The van der Waals surface area contributed by atoms with Gasteiger partial charge in [-0.3, -0.25) is 14.4 Å². The summed E-state index contributed by atoms with van der Waals surface area (Å²) in [4.78, 5) is 37.6. The molecule has 3 rings (SSSR count). The first-order valence-electron chi connectivity index (χ1n) is 8.83. The Kier molecular flexibility index (Phi) is 4.10. The van der Waals surface area contributed by atoms with Crippen LogP contribution in [0, 0.1) is 16.7 Å². The van der Waals surface area contributed by atoms with Crippen molar-refractivity contribution in [3.8, 4) is 0 Å². The maximum atomic E-state index is 12.9. The minimum atomic E-state index is -1.20. The molecule has 2 aliphatic rings. The highest BCUT2D eigenvalue weighted by Crippen LogP contribution is 2.62. The van der Waals surface area contributed by atoms with Gasteiger partial charge >= 0.3 is 0 Å². The van der Waals surface area contributed by atoms with E-state index in [1.807, 2.05) is 38.1 Å². The molecule has 2 unspecified atom stereocenters. The highest BCUT2D eigenvalue weighted by Gasteiger charge is 2.72. The summed E-state index contributed by atoms with van der Waals surface area (Å²) in [5.74, 6) is -1.50. The van der Waals surface area contributed by atoms with E-state index in [0.717, 1.165) is 19.3 Å². The van der Waals surface area contributed by atoms with E-state index < -0.39 is 16.6 Å². The van der Waals surface area contributed by atoms with Gasteiger partial charge in [-0.1, -0.05) is 39.3 Å². The van der Waals surface area contributed by atoms with E-state index in [9.17, 15) is 14.4 Å². The molecule has 1 N–H and O–H groups in total. The standard InChI is InChI=1S/C20H25NO3/c1-4-5-6-13-7-9-14(10-8-13)21-18(24)20-12-11-15(19(20,2)3)16(22)17(20)23/h7-10,15H,4-6,11-12H2,1-3H3,(H,21,24). The van der Waals surface area contributed by atoms with Crippen LogP contribution in [0.3, 0.4) is 0 Å². The van der Waals surface area contributed by atoms with Gasteiger partial charge in [0.05, 0.1) is 0 Å². The molecule has 2 aliphatic carbocycles. The zero-order valence-corrected chi connectivity index (χ0v) is 14.6. The number of hydrogen-bond donors (Lipinski definition) is 1. The highest BCUT2D eigenvalue weighted by atomic mass is 16.2. The number of fused-ring (bicyclic) bond motifs is 2. The quantitative estimate of drug-likeness (QED) is 0.664. The van der Waals surface area contributed by atoms with Gasteiger partial charge in [0.1, 0.15) is 5.41 Å². The number of unbranched alkanes of at least 4 members (excludes halogenated alkanes) is 1. The molecule has 0 saturated heterocycles. The van der Waals surface area contributed by atoms with Gasteiger partial charge in [-0.2, -0.15) is 0 Å². The molecule has 4 nitrogen and oxygen atoms in total. The maximum Gasteiger partial charge on any atom is 0.239 e. The summed E-state index contributed by atoms with van der Waals surface area (Å²) in [5.41, 5.74) is 0.115. The molecule has 0 heterocycles. The monoisotopic (exact) mass is 327 g/mol. The van der Waals surface area contributed by atoms with Crippen LogP contribution in [0.1, 0.15) is 52.0 Å². The Morgan fingerprint density at radius 3 is 2.42 bits per heavy atom. The lowest BCUT2D eigenvalue weighted by Crippen LogP contribution is -2.47. The fourth-order valence-electron chi connectivity index (χ4n) is 4.46. The smallest absolute Gasteiger partial charge is 0.239 e. The van der Waals surface area contributed by atoms with Gasteiger partial charge in [0.15, 0.2) is 0 Å². The minimum absolute atomic E-state index is 0.313. The number of benzene rings is 1. The molecule has 128 valence electrons.